The average molecular weight is 200 g/mol. The van der Waals surface area contributed by atoms with Crippen LogP contribution in [0.5, 0.6) is 0 Å². The van der Waals surface area contributed by atoms with Gasteiger partial charge in [0.1, 0.15) is 0 Å². The number of aryl methyl sites for hydroxylation is 1. The highest BCUT2D eigenvalue weighted by Gasteiger charge is 1.97. The Morgan fingerprint density at radius 3 is 2.47 bits per heavy atom. The molecule has 1 heterocycles. The van der Waals surface area contributed by atoms with E-state index in [1.807, 2.05) is 12.1 Å². The molecule has 0 atom stereocenters. The molecule has 0 unspecified atom stereocenters. The Bertz CT molecular complexity index is 479. The summed E-state index contributed by atoms with van der Waals surface area (Å²) >= 11 is 0. The Labute approximate surface area is 87.8 Å². The van der Waals surface area contributed by atoms with Crippen molar-refractivity contribution >= 4 is 0 Å². The van der Waals surface area contributed by atoms with Crippen molar-refractivity contribution in [1.82, 2.24) is 9.97 Å². The first kappa shape index (κ1) is 9.65. The minimum atomic E-state index is -0.316. The molecule has 3 nitrogen and oxygen atoms in total. The lowest BCUT2D eigenvalue weighted by Gasteiger charge is -2.01. The van der Waals surface area contributed by atoms with Crippen molar-refractivity contribution in [2.75, 3.05) is 0 Å². The first-order valence-electron chi connectivity index (χ1n) is 4.93. The predicted molar refractivity (Wildman–Crippen MR) is 59.7 cm³/mol. The molecule has 2 aromatic rings. The summed E-state index contributed by atoms with van der Waals surface area (Å²) < 4.78 is 0. The highest BCUT2D eigenvalue weighted by atomic mass is 16.1. The first-order chi connectivity index (χ1) is 7.29. The molecule has 2 rings (SSSR count). The fourth-order valence-corrected chi connectivity index (χ4v) is 1.43. The van der Waals surface area contributed by atoms with Gasteiger partial charge < -0.3 is 4.98 Å². The third-order valence-electron chi connectivity index (χ3n) is 2.37. The number of nitrogens with one attached hydrogen (secondary N) is 1. The Morgan fingerprint density at radius 1 is 1.20 bits per heavy atom. The van der Waals surface area contributed by atoms with Gasteiger partial charge in [0.05, 0.1) is 0 Å². The van der Waals surface area contributed by atoms with Gasteiger partial charge in [0, 0.05) is 18.0 Å². The fourth-order valence-electron chi connectivity index (χ4n) is 1.43. The number of nitrogens with zero attached hydrogens (tertiary/aromatic N) is 1. The van der Waals surface area contributed by atoms with Gasteiger partial charge >= 0.3 is 5.69 Å². The van der Waals surface area contributed by atoms with E-state index in [1.54, 1.807) is 12.4 Å². The van der Waals surface area contributed by atoms with Crippen LogP contribution in [0.3, 0.4) is 0 Å². The van der Waals surface area contributed by atoms with Crippen LogP contribution in [0.2, 0.25) is 0 Å². The molecule has 1 N–H and O–H groups in total. The summed E-state index contributed by atoms with van der Waals surface area (Å²) in [6.45, 7) is 2.12. The van der Waals surface area contributed by atoms with Crippen molar-refractivity contribution in [3.63, 3.8) is 0 Å². The Kier molecular flexibility index (Phi) is 2.63. The fraction of sp³-hybridized carbons (Fsp3) is 0.167. The molecule has 0 saturated carbocycles. The number of aromatic nitrogens is 2. The molecule has 3 heteroatoms. The summed E-state index contributed by atoms with van der Waals surface area (Å²) in [5, 5.41) is 0. The zero-order chi connectivity index (χ0) is 10.7. The van der Waals surface area contributed by atoms with Gasteiger partial charge in [-0.25, -0.2) is 9.78 Å². The first-order valence-corrected chi connectivity index (χ1v) is 4.93. The molecular weight excluding hydrogens is 188 g/mol. The second-order valence-corrected chi connectivity index (χ2v) is 3.36. The molecule has 0 bridgehead atoms. The van der Waals surface area contributed by atoms with E-state index in [1.165, 1.54) is 5.56 Å². The maximum Gasteiger partial charge on any atom is 0.344 e. The minimum absolute atomic E-state index is 0.316. The summed E-state index contributed by atoms with van der Waals surface area (Å²) in [5.41, 5.74) is 2.98. The van der Waals surface area contributed by atoms with E-state index < -0.39 is 0 Å². The number of hydrogen-bond donors (Lipinski definition) is 1. The summed E-state index contributed by atoms with van der Waals surface area (Å²) in [5.74, 6) is 0. The second-order valence-electron chi connectivity index (χ2n) is 3.36. The van der Waals surface area contributed by atoms with E-state index in [2.05, 4.69) is 29.0 Å². The molecule has 1 aromatic heterocycles. The van der Waals surface area contributed by atoms with Gasteiger partial charge in [-0.1, -0.05) is 31.2 Å². The summed E-state index contributed by atoms with van der Waals surface area (Å²) in [4.78, 5) is 17.0. The second kappa shape index (κ2) is 4.09. The Morgan fingerprint density at radius 2 is 1.93 bits per heavy atom. The standard InChI is InChI=1S/C12H12N2O/c1-2-9-3-5-10(6-4-9)11-7-13-12(15)14-8-11/h3-8H,2H2,1H3,(H,13,14,15). The third kappa shape index (κ3) is 2.13. The minimum Gasteiger partial charge on any atom is -0.312 e. The normalized spacial score (nSPS) is 10.2. The average Bonchev–Trinajstić information content (AvgIpc) is 2.30. The van der Waals surface area contributed by atoms with E-state index in [9.17, 15) is 4.79 Å². The van der Waals surface area contributed by atoms with E-state index in [0.29, 0.717) is 0 Å². The van der Waals surface area contributed by atoms with Gasteiger partial charge in [0.15, 0.2) is 0 Å². The topological polar surface area (TPSA) is 45.8 Å². The van der Waals surface area contributed by atoms with Crippen LogP contribution in [0, 0.1) is 0 Å². The highest BCUT2D eigenvalue weighted by Crippen LogP contribution is 2.17. The zero-order valence-corrected chi connectivity index (χ0v) is 8.53. The van der Waals surface area contributed by atoms with Crippen LogP contribution in [-0.4, -0.2) is 9.97 Å². The monoisotopic (exact) mass is 200 g/mol. The quantitative estimate of drug-likeness (QED) is 0.805. The number of rotatable bonds is 2. The van der Waals surface area contributed by atoms with Gasteiger partial charge in [0.25, 0.3) is 0 Å². The molecule has 0 saturated heterocycles. The van der Waals surface area contributed by atoms with Crippen LogP contribution < -0.4 is 5.69 Å². The molecule has 0 aliphatic rings. The van der Waals surface area contributed by atoms with E-state index >= 15 is 0 Å². The molecule has 15 heavy (non-hydrogen) atoms. The molecule has 76 valence electrons. The lowest BCUT2D eigenvalue weighted by atomic mass is 10.1. The number of hydrogen-bond acceptors (Lipinski definition) is 2. The Balaban J connectivity index is 2.37. The largest absolute Gasteiger partial charge is 0.344 e. The SMILES string of the molecule is CCc1ccc(-c2cnc(=O)[nH]c2)cc1. The van der Waals surface area contributed by atoms with E-state index in [0.717, 1.165) is 17.5 Å². The summed E-state index contributed by atoms with van der Waals surface area (Å²) in [7, 11) is 0. The maximum absolute atomic E-state index is 10.8. The van der Waals surface area contributed by atoms with Gasteiger partial charge in [-0.15, -0.1) is 0 Å². The molecule has 0 spiro atoms. The maximum atomic E-state index is 10.8. The van der Waals surface area contributed by atoms with E-state index in [4.69, 9.17) is 0 Å². The van der Waals surface area contributed by atoms with Crippen LogP contribution in [-0.2, 0) is 6.42 Å². The van der Waals surface area contributed by atoms with Crippen molar-refractivity contribution in [1.29, 1.82) is 0 Å². The van der Waals surface area contributed by atoms with Crippen LogP contribution in [0.1, 0.15) is 12.5 Å². The van der Waals surface area contributed by atoms with Crippen LogP contribution in [0.4, 0.5) is 0 Å². The summed E-state index contributed by atoms with van der Waals surface area (Å²) in [6.07, 6.45) is 4.29. The molecule has 0 fully saturated rings. The van der Waals surface area contributed by atoms with Crippen molar-refractivity contribution in [2.24, 2.45) is 0 Å². The molecule has 0 amide bonds. The molecular formula is C12H12N2O. The lowest BCUT2D eigenvalue weighted by Crippen LogP contribution is -2.07. The van der Waals surface area contributed by atoms with Gasteiger partial charge in [-0.05, 0) is 17.5 Å². The number of benzene rings is 1. The van der Waals surface area contributed by atoms with Crippen molar-refractivity contribution in [3.05, 3.63) is 52.7 Å². The molecule has 0 aliphatic carbocycles. The van der Waals surface area contributed by atoms with Crippen molar-refractivity contribution in [3.8, 4) is 11.1 Å². The van der Waals surface area contributed by atoms with Crippen LogP contribution >= 0.6 is 0 Å². The zero-order valence-electron chi connectivity index (χ0n) is 8.53. The Hall–Kier alpha value is -1.90. The molecule has 0 aliphatic heterocycles. The van der Waals surface area contributed by atoms with Gasteiger partial charge in [-0.2, -0.15) is 0 Å². The van der Waals surface area contributed by atoms with Crippen molar-refractivity contribution < 1.29 is 0 Å². The smallest absolute Gasteiger partial charge is 0.312 e. The highest BCUT2D eigenvalue weighted by molar-refractivity contribution is 5.61. The summed E-state index contributed by atoms with van der Waals surface area (Å²) in [6, 6.07) is 8.24. The van der Waals surface area contributed by atoms with Crippen LogP contribution in [0.15, 0.2) is 41.5 Å². The van der Waals surface area contributed by atoms with Crippen LogP contribution in [0.25, 0.3) is 11.1 Å². The molecule has 0 radical (unpaired) electrons. The third-order valence-corrected chi connectivity index (χ3v) is 2.37. The van der Waals surface area contributed by atoms with Gasteiger partial charge in [-0.3, -0.25) is 0 Å². The number of aromatic amines is 1. The van der Waals surface area contributed by atoms with Crippen molar-refractivity contribution in [2.45, 2.75) is 13.3 Å². The lowest BCUT2D eigenvalue weighted by molar-refractivity contribution is 1.08. The molecule has 1 aromatic carbocycles. The number of H-pyrrole nitrogens is 1. The predicted octanol–water partition coefficient (Wildman–Crippen LogP) is 2.00. The van der Waals surface area contributed by atoms with Gasteiger partial charge in [0.2, 0.25) is 0 Å². The van der Waals surface area contributed by atoms with E-state index in [-0.39, 0.29) is 5.69 Å².